The zero-order valence-corrected chi connectivity index (χ0v) is 9.61. The summed E-state index contributed by atoms with van der Waals surface area (Å²) in [5, 5.41) is 20.1. The lowest BCUT2D eigenvalue weighted by atomic mass is 10.1. The summed E-state index contributed by atoms with van der Waals surface area (Å²) >= 11 is 0. The summed E-state index contributed by atoms with van der Waals surface area (Å²) in [4.78, 5) is 10.6. The number of carboxylic acids is 1. The predicted molar refractivity (Wildman–Crippen MR) is 59.7 cm³/mol. The Morgan fingerprint density at radius 2 is 2.11 bits per heavy atom. The number of ether oxygens (including phenoxy) is 1. The third kappa shape index (κ3) is 3.14. The molecule has 18 heavy (non-hydrogen) atoms. The topological polar surface area (TPSA) is 78.8 Å². The fourth-order valence-electron chi connectivity index (χ4n) is 1.39. The van der Waals surface area contributed by atoms with Gasteiger partial charge in [-0.3, -0.25) is 0 Å². The van der Waals surface area contributed by atoms with Crippen LogP contribution in [-0.2, 0) is 4.74 Å². The minimum Gasteiger partial charge on any atom is -0.478 e. The number of carbonyl (C=O) groups is 1. The van der Waals surface area contributed by atoms with Crippen molar-refractivity contribution in [2.45, 2.75) is 6.04 Å². The molecular weight excluding hydrogens is 248 g/mol. The second-order valence-electron chi connectivity index (χ2n) is 3.57. The molecule has 0 fully saturated rings. The molecule has 100 valence electrons. The van der Waals surface area contributed by atoms with Crippen molar-refractivity contribution in [3.63, 3.8) is 0 Å². The van der Waals surface area contributed by atoms with Crippen LogP contribution in [0.1, 0.15) is 10.4 Å². The SMILES string of the molecule is COCC(CO)Nc1ccc(C(=O)O)c(F)c1F. The van der Waals surface area contributed by atoms with Gasteiger partial charge in [-0.05, 0) is 12.1 Å². The first-order valence-electron chi connectivity index (χ1n) is 5.08. The van der Waals surface area contributed by atoms with Crippen molar-refractivity contribution in [1.82, 2.24) is 0 Å². The first-order chi connectivity index (χ1) is 8.51. The summed E-state index contributed by atoms with van der Waals surface area (Å²) in [6.07, 6.45) is 0. The number of aliphatic hydroxyl groups is 1. The highest BCUT2D eigenvalue weighted by Gasteiger charge is 2.19. The number of hydrogen-bond acceptors (Lipinski definition) is 4. The average Bonchev–Trinajstić information content (AvgIpc) is 2.33. The van der Waals surface area contributed by atoms with Gasteiger partial charge in [0.1, 0.15) is 0 Å². The van der Waals surface area contributed by atoms with Crippen molar-refractivity contribution in [3.05, 3.63) is 29.3 Å². The molecule has 0 bridgehead atoms. The number of rotatable bonds is 6. The standard InChI is InChI=1S/C11H13F2NO4/c1-18-5-6(4-15)14-8-3-2-7(11(16)17)9(12)10(8)13/h2-3,6,14-15H,4-5H2,1H3,(H,16,17). The molecule has 0 amide bonds. The van der Waals surface area contributed by atoms with Gasteiger partial charge in [0.15, 0.2) is 11.6 Å². The van der Waals surface area contributed by atoms with Gasteiger partial charge in [0, 0.05) is 7.11 Å². The molecule has 1 rings (SSSR count). The number of aliphatic hydroxyl groups excluding tert-OH is 1. The Labute approximate surface area is 102 Å². The molecule has 1 unspecified atom stereocenters. The second-order valence-corrected chi connectivity index (χ2v) is 3.57. The summed E-state index contributed by atoms with van der Waals surface area (Å²) in [7, 11) is 1.40. The third-order valence-corrected chi connectivity index (χ3v) is 2.26. The van der Waals surface area contributed by atoms with Gasteiger partial charge in [-0.1, -0.05) is 0 Å². The number of benzene rings is 1. The van der Waals surface area contributed by atoms with Crippen LogP contribution >= 0.6 is 0 Å². The minimum absolute atomic E-state index is 0.0955. The van der Waals surface area contributed by atoms with E-state index < -0.39 is 29.2 Å². The number of aromatic carboxylic acids is 1. The van der Waals surface area contributed by atoms with E-state index in [0.717, 1.165) is 12.1 Å². The molecular formula is C11H13F2NO4. The lowest BCUT2D eigenvalue weighted by Crippen LogP contribution is -2.29. The van der Waals surface area contributed by atoms with E-state index in [1.165, 1.54) is 7.11 Å². The van der Waals surface area contributed by atoms with E-state index in [2.05, 4.69) is 5.32 Å². The molecule has 1 aromatic carbocycles. The molecule has 0 aromatic heterocycles. The highest BCUT2D eigenvalue weighted by molar-refractivity contribution is 5.88. The Bertz CT molecular complexity index is 439. The fourth-order valence-corrected chi connectivity index (χ4v) is 1.39. The Hall–Kier alpha value is -1.73. The van der Waals surface area contributed by atoms with Crippen LogP contribution in [0.2, 0.25) is 0 Å². The number of nitrogens with one attached hydrogen (secondary N) is 1. The predicted octanol–water partition coefficient (Wildman–Crippen LogP) is 1.08. The van der Waals surface area contributed by atoms with Gasteiger partial charge in [-0.2, -0.15) is 0 Å². The summed E-state index contributed by atoms with van der Waals surface area (Å²) < 4.78 is 31.7. The maximum absolute atomic E-state index is 13.5. The first-order valence-corrected chi connectivity index (χ1v) is 5.08. The molecule has 1 atom stereocenters. The van der Waals surface area contributed by atoms with Gasteiger partial charge in [-0.25, -0.2) is 13.6 Å². The van der Waals surface area contributed by atoms with E-state index in [9.17, 15) is 13.6 Å². The van der Waals surface area contributed by atoms with Gasteiger partial charge in [0.25, 0.3) is 0 Å². The lowest BCUT2D eigenvalue weighted by Gasteiger charge is -2.17. The minimum atomic E-state index is -1.55. The van der Waals surface area contributed by atoms with E-state index in [0.29, 0.717) is 0 Å². The number of halogens is 2. The summed E-state index contributed by atoms with van der Waals surface area (Å²) in [5.74, 6) is -4.29. The molecule has 0 saturated carbocycles. The van der Waals surface area contributed by atoms with Crippen molar-refractivity contribution in [1.29, 1.82) is 0 Å². The lowest BCUT2D eigenvalue weighted by molar-refractivity contribution is 0.0690. The Morgan fingerprint density at radius 1 is 1.44 bits per heavy atom. The molecule has 0 heterocycles. The summed E-state index contributed by atoms with van der Waals surface area (Å²) in [5.41, 5.74) is -0.973. The molecule has 0 saturated heterocycles. The van der Waals surface area contributed by atoms with Crippen LogP contribution in [-0.4, -0.2) is 42.5 Å². The van der Waals surface area contributed by atoms with Crippen LogP contribution in [0, 0.1) is 11.6 Å². The van der Waals surface area contributed by atoms with E-state index in [1.54, 1.807) is 0 Å². The second kappa shape index (κ2) is 6.27. The maximum atomic E-state index is 13.5. The molecule has 0 aliphatic carbocycles. The first kappa shape index (κ1) is 14.3. The van der Waals surface area contributed by atoms with Crippen LogP contribution in [0.15, 0.2) is 12.1 Å². The third-order valence-electron chi connectivity index (χ3n) is 2.26. The smallest absolute Gasteiger partial charge is 0.338 e. The van der Waals surface area contributed by atoms with Gasteiger partial charge in [0.05, 0.1) is 30.5 Å². The normalized spacial score (nSPS) is 12.2. The van der Waals surface area contributed by atoms with Crippen LogP contribution in [0.25, 0.3) is 0 Å². The van der Waals surface area contributed by atoms with Crippen molar-refractivity contribution < 1.29 is 28.5 Å². The van der Waals surface area contributed by atoms with Crippen LogP contribution in [0.3, 0.4) is 0 Å². The largest absolute Gasteiger partial charge is 0.478 e. The van der Waals surface area contributed by atoms with Gasteiger partial charge in [0.2, 0.25) is 0 Å². The molecule has 0 radical (unpaired) electrons. The molecule has 1 aromatic rings. The van der Waals surface area contributed by atoms with Crippen molar-refractivity contribution >= 4 is 11.7 Å². The van der Waals surface area contributed by atoms with Crippen LogP contribution in [0.5, 0.6) is 0 Å². The molecule has 7 heteroatoms. The molecule has 0 aliphatic rings. The zero-order valence-electron chi connectivity index (χ0n) is 9.61. The summed E-state index contributed by atoms with van der Waals surface area (Å²) in [6, 6.07) is 1.43. The highest BCUT2D eigenvalue weighted by atomic mass is 19.2. The van der Waals surface area contributed by atoms with Gasteiger partial charge >= 0.3 is 5.97 Å². The van der Waals surface area contributed by atoms with Gasteiger partial charge in [-0.15, -0.1) is 0 Å². The van der Waals surface area contributed by atoms with E-state index in [1.807, 2.05) is 0 Å². The number of carboxylic acid groups (broad SMARTS) is 1. The summed E-state index contributed by atoms with van der Waals surface area (Å²) in [6.45, 7) is -0.242. The molecule has 0 spiro atoms. The van der Waals surface area contributed by atoms with Crippen molar-refractivity contribution in [2.75, 3.05) is 25.6 Å². The highest BCUT2D eigenvalue weighted by Crippen LogP contribution is 2.21. The van der Waals surface area contributed by atoms with Crippen LogP contribution < -0.4 is 5.32 Å². The average molecular weight is 261 g/mol. The van der Waals surface area contributed by atoms with Crippen molar-refractivity contribution in [2.24, 2.45) is 0 Å². The number of hydrogen-bond donors (Lipinski definition) is 3. The monoisotopic (exact) mass is 261 g/mol. The van der Waals surface area contributed by atoms with Crippen molar-refractivity contribution in [3.8, 4) is 0 Å². The molecule has 0 aliphatic heterocycles. The number of anilines is 1. The number of methoxy groups -OCH3 is 1. The zero-order chi connectivity index (χ0) is 13.7. The Kier molecular flexibility index (Phi) is 4.99. The fraction of sp³-hybridized carbons (Fsp3) is 0.364. The maximum Gasteiger partial charge on any atom is 0.338 e. The Balaban J connectivity index is 2.98. The quantitative estimate of drug-likeness (QED) is 0.714. The van der Waals surface area contributed by atoms with E-state index in [4.69, 9.17) is 14.9 Å². The Morgan fingerprint density at radius 3 is 2.61 bits per heavy atom. The van der Waals surface area contributed by atoms with Crippen LogP contribution in [0.4, 0.5) is 14.5 Å². The van der Waals surface area contributed by atoms with Gasteiger partial charge < -0.3 is 20.3 Å². The van der Waals surface area contributed by atoms with E-state index in [-0.39, 0.29) is 18.9 Å². The van der Waals surface area contributed by atoms with E-state index >= 15 is 0 Å². The molecule has 3 N–H and O–H groups in total. The molecule has 5 nitrogen and oxygen atoms in total.